The number of nitrogens with zero attached hydrogens (tertiary/aromatic N) is 3. The van der Waals surface area contributed by atoms with Gasteiger partial charge >= 0.3 is 0 Å². The SMILES string of the molecule is Cc1cc([N+](=O)[O-])ccc1NC(=O)c1ccc(N)nn1. The third-order valence-corrected chi connectivity index (χ3v) is 2.59. The van der Waals surface area contributed by atoms with Crippen molar-refractivity contribution < 1.29 is 9.72 Å². The Morgan fingerprint density at radius 3 is 2.60 bits per heavy atom. The van der Waals surface area contributed by atoms with E-state index in [9.17, 15) is 14.9 Å². The molecule has 1 heterocycles. The monoisotopic (exact) mass is 273 g/mol. The van der Waals surface area contributed by atoms with E-state index >= 15 is 0 Å². The zero-order valence-corrected chi connectivity index (χ0v) is 10.5. The van der Waals surface area contributed by atoms with Crippen LogP contribution in [0.15, 0.2) is 30.3 Å². The summed E-state index contributed by atoms with van der Waals surface area (Å²) in [5, 5.41) is 20.5. The third-order valence-electron chi connectivity index (χ3n) is 2.59. The molecule has 0 saturated heterocycles. The molecular weight excluding hydrogens is 262 g/mol. The Bertz CT molecular complexity index is 669. The highest BCUT2D eigenvalue weighted by atomic mass is 16.6. The number of carbonyl (C=O) groups is 1. The summed E-state index contributed by atoms with van der Waals surface area (Å²) in [4.78, 5) is 22.0. The second-order valence-corrected chi connectivity index (χ2v) is 4.05. The molecule has 8 heteroatoms. The number of rotatable bonds is 3. The van der Waals surface area contributed by atoms with E-state index in [1.54, 1.807) is 6.92 Å². The van der Waals surface area contributed by atoms with Crippen LogP contribution in [0.2, 0.25) is 0 Å². The van der Waals surface area contributed by atoms with E-state index in [0.717, 1.165) is 0 Å². The van der Waals surface area contributed by atoms with Gasteiger partial charge in [0.2, 0.25) is 0 Å². The number of anilines is 2. The maximum absolute atomic E-state index is 11.9. The van der Waals surface area contributed by atoms with Crippen LogP contribution in [0.4, 0.5) is 17.2 Å². The zero-order valence-electron chi connectivity index (χ0n) is 10.5. The predicted octanol–water partition coefficient (Wildman–Crippen LogP) is 1.53. The van der Waals surface area contributed by atoms with Gasteiger partial charge in [-0.05, 0) is 30.7 Å². The number of benzene rings is 1. The van der Waals surface area contributed by atoms with Crippen LogP contribution in [-0.2, 0) is 0 Å². The van der Waals surface area contributed by atoms with Crippen LogP contribution in [0.5, 0.6) is 0 Å². The van der Waals surface area contributed by atoms with Crippen molar-refractivity contribution in [2.24, 2.45) is 0 Å². The number of aryl methyl sites for hydroxylation is 1. The minimum atomic E-state index is -0.496. The number of amides is 1. The second kappa shape index (κ2) is 5.31. The predicted molar refractivity (Wildman–Crippen MR) is 72.2 cm³/mol. The molecule has 0 unspecified atom stereocenters. The number of hydrogen-bond acceptors (Lipinski definition) is 6. The van der Waals surface area contributed by atoms with Crippen molar-refractivity contribution in [3.8, 4) is 0 Å². The van der Waals surface area contributed by atoms with Gasteiger partial charge in [0.25, 0.3) is 11.6 Å². The topological polar surface area (TPSA) is 124 Å². The lowest BCUT2D eigenvalue weighted by molar-refractivity contribution is -0.384. The molecule has 20 heavy (non-hydrogen) atoms. The van der Waals surface area contributed by atoms with Gasteiger partial charge in [0.1, 0.15) is 5.82 Å². The first-order chi connectivity index (χ1) is 9.47. The first kappa shape index (κ1) is 13.4. The highest BCUT2D eigenvalue weighted by Gasteiger charge is 2.12. The minimum Gasteiger partial charge on any atom is -0.382 e. The van der Waals surface area contributed by atoms with Gasteiger partial charge in [0.15, 0.2) is 5.69 Å². The second-order valence-electron chi connectivity index (χ2n) is 4.05. The zero-order chi connectivity index (χ0) is 14.7. The molecule has 0 aliphatic heterocycles. The van der Waals surface area contributed by atoms with Crippen LogP contribution in [0.1, 0.15) is 16.1 Å². The van der Waals surface area contributed by atoms with Crippen LogP contribution in [-0.4, -0.2) is 21.0 Å². The van der Waals surface area contributed by atoms with E-state index in [1.165, 1.54) is 30.3 Å². The fraction of sp³-hybridized carbons (Fsp3) is 0.0833. The summed E-state index contributed by atoms with van der Waals surface area (Å²) >= 11 is 0. The Labute approximate surface area is 113 Å². The number of nitrogens with one attached hydrogen (secondary N) is 1. The average Bonchev–Trinajstić information content (AvgIpc) is 2.41. The smallest absolute Gasteiger partial charge is 0.276 e. The molecule has 0 radical (unpaired) electrons. The van der Waals surface area contributed by atoms with Crippen molar-refractivity contribution in [3.05, 3.63) is 51.7 Å². The molecule has 2 aromatic rings. The third kappa shape index (κ3) is 2.86. The fourth-order valence-electron chi connectivity index (χ4n) is 1.55. The molecule has 0 saturated carbocycles. The maximum Gasteiger partial charge on any atom is 0.276 e. The van der Waals surface area contributed by atoms with Gasteiger partial charge in [-0.25, -0.2) is 0 Å². The number of nitro benzene ring substituents is 1. The quantitative estimate of drug-likeness (QED) is 0.645. The van der Waals surface area contributed by atoms with Crippen molar-refractivity contribution in [2.45, 2.75) is 6.92 Å². The number of nitrogens with two attached hydrogens (primary N) is 1. The molecule has 0 aliphatic carbocycles. The van der Waals surface area contributed by atoms with Crippen molar-refractivity contribution in [1.82, 2.24) is 10.2 Å². The van der Waals surface area contributed by atoms with Crippen molar-refractivity contribution in [3.63, 3.8) is 0 Å². The van der Waals surface area contributed by atoms with Gasteiger partial charge in [-0.3, -0.25) is 14.9 Å². The number of carbonyl (C=O) groups excluding carboxylic acids is 1. The highest BCUT2D eigenvalue weighted by Crippen LogP contribution is 2.21. The van der Waals surface area contributed by atoms with Crippen molar-refractivity contribution in [1.29, 1.82) is 0 Å². The van der Waals surface area contributed by atoms with Crippen LogP contribution in [0.3, 0.4) is 0 Å². The Balaban J connectivity index is 2.19. The molecule has 0 aliphatic rings. The average molecular weight is 273 g/mol. The summed E-state index contributed by atoms with van der Waals surface area (Å²) in [6.07, 6.45) is 0. The summed E-state index contributed by atoms with van der Waals surface area (Å²) < 4.78 is 0. The molecule has 0 atom stereocenters. The molecule has 102 valence electrons. The fourth-order valence-corrected chi connectivity index (χ4v) is 1.55. The van der Waals surface area contributed by atoms with E-state index in [0.29, 0.717) is 11.3 Å². The number of nitrogen functional groups attached to an aromatic ring is 1. The van der Waals surface area contributed by atoms with Crippen molar-refractivity contribution >= 4 is 23.1 Å². The first-order valence-electron chi connectivity index (χ1n) is 5.63. The highest BCUT2D eigenvalue weighted by molar-refractivity contribution is 6.03. The van der Waals surface area contributed by atoms with E-state index in [1.807, 2.05) is 0 Å². The number of nitro groups is 1. The molecular formula is C12H11N5O3. The van der Waals surface area contributed by atoms with Gasteiger partial charge in [0, 0.05) is 17.8 Å². The summed E-state index contributed by atoms with van der Waals surface area (Å²) in [7, 11) is 0. The molecule has 0 fully saturated rings. The number of aromatic nitrogens is 2. The van der Waals surface area contributed by atoms with Gasteiger partial charge in [0.05, 0.1) is 4.92 Å². The molecule has 1 amide bonds. The van der Waals surface area contributed by atoms with Gasteiger partial charge in [-0.15, -0.1) is 10.2 Å². The van der Waals surface area contributed by atoms with Crippen LogP contribution >= 0.6 is 0 Å². The number of hydrogen-bond donors (Lipinski definition) is 2. The molecule has 3 N–H and O–H groups in total. The Morgan fingerprint density at radius 1 is 1.30 bits per heavy atom. The lowest BCUT2D eigenvalue weighted by Crippen LogP contribution is -2.15. The first-order valence-corrected chi connectivity index (χ1v) is 5.63. The molecule has 8 nitrogen and oxygen atoms in total. The van der Waals surface area contributed by atoms with E-state index in [4.69, 9.17) is 5.73 Å². The Hall–Kier alpha value is -3.03. The minimum absolute atomic E-state index is 0.0345. The number of non-ortho nitro benzene ring substituents is 1. The van der Waals surface area contributed by atoms with Crippen molar-refractivity contribution in [2.75, 3.05) is 11.1 Å². The largest absolute Gasteiger partial charge is 0.382 e. The van der Waals surface area contributed by atoms with E-state index in [-0.39, 0.29) is 17.2 Å². The Morgan fingerprint density at radius 2 is 2.05 bits per heavy atom. The summed E-state index contributed by atoms with van der Waals surface area (Å²) in [5.41, 5.74) is 6.50. The van der Waals surface area contributed by atoms with Gasteiger partial charge < -0.3 is 11.1 Å². The molecule has 1 aromatic heterocycles. The van der Waals surface area contributed by atoms with Gasteiger partial charge in [-0.2, -0.15) is 0 Å². The van der Waals surface area contributed by atoms with Crippen LogP contribution < -0.4 is 11.1 Å². The molecule has 0 bridgehead atoms. The van der Waals surface area contributed by atoms with Crippen LogP contribution in [0, 0.1) is 17.0 Å². The maximum atomic E-state index is 11.9. The van der Waals surface area contributed by atoms with E-state index in [2.05, 4.69) is 15.5 Å². The Kier molecular flexibility index (Phi) is 3.56. The lowest BCUT2D eigenvalue weighted by Gasteiger charge is -2.07. The normalized spacial score (nSPS) is 10.1. The lowest BCUT2D eigenvalue weighted by atomic mass is 10.1. The van der Waals surface area contributed by atoms with Gasteiger partial charge in [-0.1, -0.05) is 0 Å². The molecule has 1 aromatic carbocycles. The molecule has 0 spiro atoms. The summed E-state index contributed by atoms with van der Waals surface area (Å²) in [5.74, 6) is -0.248. The summed E-state index contributed by atoms with van der Waals surface area (Å²) in [6.45, 7) is 1.66. The van der Waals surface area contributed by atoms with Crippen LogP contribution in [0.25, 0.3) is 0 Å². The standard InChI is InChI=1S/C12H11N5O3/c1-7-6-8(17(19)20)2-3-9(7)14-12(18)10-4-5-11(13)16-15-10/h2-6H,1H3,(H2,13,16)(H,14,18). The van der Waals surface area contributed by atoms with E-state index < -0.39 is 10.8 Å². The molecule has 2 rings (SSSR count). The summed E-state index contributed by atoms with van der Waals surface area (Å²) in [6, 6.07) is 7.07.